The van der Waals surface area contributed by atoms with Gasteiger partial charge in [0.1, 0.15) is 0 Å². The molecule has 0 fully saturated rings. The monoisotopic (exact) mass is 316 g/mol. The molecule has 0 atom stereocenters. The van der Waals surface area contributed by atoms with Crippen LogP contribution in [-0.2, 0) is 17.4 Å². The molecule has 1 aliphatic rings. The maximum absolute atomic E-state index is 3.92. The Morgan fingerprint density at radius 2 is 1.81 bits per heavy atom. The van der Waals surface area contributed by atoms with E-state index in [0.29, 0.717) is 5.54 Å². The van der Waals surface area contributed by atoms with Gasteiger partial charge in [0.05, 0.1) is 0 Å². The average molecular weight is 317 g/mol. The van der Waals surface area contributed by atoms with Gasteiger partial charge in [-0.15, -0.1) is 24.8 Å². The maximum atomic E-state index is 3.92. The number of rotatable bonds is 3. The van der Waals surface area contributed by atoms with Crippen molar-refractivity contribution in [2.75, 3.05) is 0 Å². The summed E-state index contributed by atoms with van der Waals surface area (Å²) < 4.78 is 5.67. The van der Waals surface area contributed by atoms with Crippen LogP contribution in [0.2, 0.25) is 13.1 Å². The second-order valence-corrected chi connectivity index (χ2v) is 18.1. The van der Waals surface area contributed by atoms with Gasteiger partial charge >= 0.3 is 95.8 Å². The maximum Gasteiger partial charge on any atom is -0.147 e. The Labute approximate surface area is 120 Å². The van der Waals surface area contributed by atoms with Crippen molar-refractivity contribution in [1.29, 1.82) is 0 Å². The van der Waals surface area contributed by atoms with Crippen molar-refractivity contribution in [1.82, 2.24) is 3.80 Å². The number of hydrogen-bond donors (Lipinski definition) is 1. The van der Waals surface area contributed by atoms with E-state index in [1.165, 1.54) is 6.42 Å². The van der Waals surface area contributed by atoms with Crippen molar-refractivity contribution in [3.05, 3.63) is 22.1 Å². The molecule has 0 radical (unpaired) electrons. The molecule has 0 spiro atoms. The molecule has 0 heterocycles. The second kappa shape index (κ2) is 8.12. The van der Waals surface area contributed by atoms with Crippen molar-refractivity contribution in [2.24, 2.45) is 0 Å². The van der Waals surface area contributed by atoms with Gasteiger partial charge in [-0.1, -0.05) is 0 Å². The molecular weight excluding hydrogens is 293 g/mol. The smallest absolute Gasteiger partial charge is 0.147 e. The van der Waals surface area contributed by atoms with E-state index in [9.17, 15) is 0 Å². The van der Waals surface area contributed by atoms with Gasteiger partial charge in [-0.2, -0.15) is 0 Å². The van der Waals surface area contributed by atoms with Crippen LogP contribution in [0.3, 0.4) is 0 Å². The number of halogens is 2. The van der Waals surface area contributed by atoms with E-state index in [2.05, 4.69) is 55.9 Å². The molecule has 5 heteroatoms. The van der Waals surface area contributed by atoms with Crippen LogP contribution in [0, 0.1) is 0 Å². The SMILES string of the molecule is C[SiH](C)[Ti]([NH]C(C)(C)C)[C]1=CC=CC1.Cl.Cl. The predicted octanol–water partition coefficient (Wildman–Crippen LogP) is 3.58. The summed E-state index contributed by atoms with van der Waals surface area (Å²) >= 11 is -1.09. The van der Waals surface area contributed by atoms with Crippen LogP contribution < -0.4 is 3.80 Å². The summed E-state index contributed by atoms with van der Waals surface area (Å²) in [6.45, 7) is 11.4. The Morgan fingerprint density at radius 1 is 1.25 bits per heavy atom. The third kappa shape index (κ3) is 6.63. The fraction of sp³-hybridized carbons (Fsp3) is 0.636. The summed E-state index contributed by atoms with van der Waals surface area (Å²) in [4.78, 5) is 0. The van der Waals surface area contributed by atoms with Gasteiger partial charge in [-0.05, 0) is 0 Å². The first-order valence-corrected chi connectivity index (χ1v) is 12.6. The first kappa shape index (κ1) is 19.3. The van der Waals surface area contributed by atoms with Crippen LogP contribution in [-0.4, -0.2) is 12.2 Å². The van der Waals surface area contributed by atoms with E-state index in [4.69, 9.17) is 0 Å². The van der Waals surface area contributed by atoms with Crippen LogP contribution in [0.15, 0.2) is 22.1 Å². The fourth-order valence-corrected chi connectivity index (χ4v) is 12.6. The Bertz CT molecular complexity index is 259. The molecule has 0 saturated heterocycles. The summed E-state index contributed by atoms with van der Waals surface area (Å²) in [7, 11) is 0. The number of nitrogens with one attached hydrogen (secondary N) is 1. The minimum Gasteiger partial charge on any atom is -0.147 e. The standard InChI is InChI=1S/C5H5.C4H10N.C2H7Si.2ClH.Ti/c1-2-4-5-3-1;1-4(2,3)5;1-3-2;;;/h1-3H,4H2;5H,1-3H3;3H,1-2H3;2*1H;/q;-1;;;;+1. The normalized spacial score (nSPS) is 14.2. The van der Waals surface area contributed by atoms with Crippen LogP contribution in [0.1, 0.15) is 27.2 Å². The minimum absolute atomic E-state index is 0. The zero-order valence-corrected chi connectivity index (χ0v) is 15.2. The fourth-order valence-electron chi connectivity index (χ4n) is 1.65. The zero-order valence-electron chi connectivity index (χ0n) is 10.8. The van der Waals surface area contributed by atoms with E-state index in [0.717, 1.165) is 0 Å². The molecule has 0 aromatic heterocycles. The van der Waals surface area contributed by atoms with E-state index < -0.39 is 24.0 Å². The number of hydrogen-bond acceptors (Lipinski definition) is 1. The van der Waals surface area contributed by atoms with E-state index in [1.807, 2.05) is 0 Å². The van der Waals surface area contributed by atoms with Gasteiger partial charge < -0.3 is 0 Å². The quantitative estimate of drug-likeness (QED) is 0.785. The molecule has 0 aromatic carbocycles. The van der Waals surface area contributed by atoms with Crippen molar-refractivity contribution < 1.29 is 17.4 Å². The Morgan fingerprint density at radius 3 is 2.12 bits per heavy atom. The van der Waals surface area contributed by atoms with Crippen LogP contribution in [0.4, 0.5) is 0 Å². The second-order valence-electron chi connectivity index (χ2n) is 5.27. The Balaban J connectivity index is 0. The molecule has 1 rings (SSSR count). The van der Waals surface area contributed by atoms with Crippen molar-refractivity contribution >= 4 is 31.5 Å². The Hall–Kier alpha value is 0.951. The van der Waals surface area contributed by atoms with E-state index in [1.54, 1.807) is 3.88 Å². The molecule has 1 N–H and O–H groups in total. The third-order valence-electron chi connectivity index (χ3n) is 2.20. The van der Waals surface area contributed by atoms with Crippen LogP contribution in [0.5, 0.6) is 0 Å². The summed E-state index contributed by atoms with van der Waals surface area (Å²) in [6.07, 6.45) is 8.11. The molecule has 1 aliphatic carbocycles. The van der Waals surface area contributed by atoms with Gasteiger partial charge in [-0.25, -0.2) is 0 Å². The number of allylic oxidation sites excluding steroid dienone is 4. The largest absolute Gasteiger partial charge is 0.147 e. The molecule has 0 amide bonds. The van der Waals surface area contributed by atoms with Gasteiger partial charge in [0.2, 0.25) is 0 Å². The minimum atomic E-state index is -1.09. The molecule has 0 saturated carbocycles. The van der Waals surface area contributed by atoms with Gasteiger partial charge in [0.25, 0.3) is 0 Å². The first-order valence-electron chi connectivity index (χ1n) is 5.41. The third-order valence-corrected chi connectivity index (χ3v) is 14.1. The zero-order chi connectivity index (χ0) is 10.8. The average Bonchev–Trinajstić information content (AvgIpc) is 2.49. The molecular formula is C11H24Cl2NSiTi. The molecule has 0 aromatic rings. The predicted molar refractivity (Wildman–Crippen MR) is 78.1 cm³/mol. The summed E-state index contributed by atoms with van der Waals surface area (Å²) in [5.41, 5.74) is 0.302. The summed E-state index contributed by atoms with van der Waals surface area (Å²) in [6, 6.07) is 0. The van der Waals surface area contributed by atoms with Crippen molar-refractivity contribution in [3.8, 4) is 0 Å². The van der Waals surface area contributed by atoms with Crippen LogP contribution >= 0.6 is 24.8 Å². The molecule has 0 unspecified atom stereocenters. The summed E-state index contributed by atoms with van der Waals surface area (Å²) in [5, 5.41) is 0. The van der Waals surface area contributed by atoms with Crippen molar-refractivity contribution in [3.63, 3.8) is 0 Å². The van der Waals surface area contributed by atoms with Gasteiger partial charge in [0, 0.05) is 0 Å². The summed E-state index contributed by atoms with van der Waals surface area (Å²) in [5.74, 6) is 0. The van der Waals surface area contributed by atoms with Crippen molar-refractivity contribution in [2.45, 2.75) is 45.8 Å². The molecule has 1 nitrogen and oxygen atoms in total. The Kier molecular flexibility index (Phi) is 9.80. The van der Waals surface area contributed by atoms with Gasteiger partial charge in [0.15, 0.2) is 0 Å². The molecule has 0 bridgehead atoms. The van der Waals surface area contributed by atoms with E-state index >= 15 is 0 Å². The van der Waals surface area contributed by atoms with Gasteiger partial charge in [-0.3, -0.25) is 0 Å². The first-order chi connectivity index (χ1) is 6.40. The molecule has 0 aliphatic heterocycles. The van der Waals surface area contributed by atoms with Crippen LogP contribution in [0.25, 0.3) is 0 Å². The molecule has 95 valence electrons. The topological polar surface area (TPSA) is 12.0 Å². The van der Waals surface area contributed by atoms with E-state index in [-0.39, 0.29) is 24.8 Å². The molecule has 16 heavy (non-hydrogen) atoms.